The van der Waals surface area contributed by atoms with Crippen LogP contribution in [0.5, 0.6) is 0 Å². The molecule has 0 aromatic heterocycles. The zero-order valence-electron chi connectivity index (χ0n) is 3.61. The molecule has 0 aromatic carbocycles. The molecule has 0 unspecified atom stereocenters. The van der Waals surface area contributed by atoms with Crippen molar-refractivity contribution >= 4 is 11.6 Å². The Morgan fingerprint density at radius 1 is 2.00 bits per heavy atom. The molecule has 1 atom stereocenters. The van der Waals surface area contributed by atoms with Crippen LogP contribution in [-0.2, 0) is 0 Å². The van der Waals surface area contributed by atoms with E-state index in [4.69, 9.17) is 17.1 Å². The molecule has 0 heterocycles. The molecule has 0 saturated heterocycles. The summed E-state index contributed by atoms with van der Waals surface area (Å²) in [6.45, 7) is 1.79. The minimum absolute atomic E-state index is 0.00772. The standard InChI is InChI=1S/C3H7ClN2/c1-3(2-4)6-5/h3,5H,2H2,1H3/t3-/m1/s1. The lowest BCUT2D eigenvalue weighted by Gasteiger charge is -1.89. The molecule has 0 bridgehead atoms. The van der Waals surface area contributed by atoms with Crippen LogP contribution in [0.2, 0.25) is 0 Å². The summed E-state index contributed by atoms with van der Waals surface area (Å²) in [6.07, 6.45) is 0. The van der Waals surface area contributed by atoms with Crippen LogP contribution in [0, 0.1) is 5.53 Å². The van der Waals surface area contributed by atoms with Crippen LogP contribution in [0.15, 0.2) is 5.11 Å². The first kappa shape index (κ1) is 5.89. The van der Waals surface area contributed by atoms with Crippen molar-refractivity contribution in [3.63, 3.8) is 0 Å². The number of hydrogen-bond acceptors (Lipinski definition) is 2. The van der Waals surface area contributed by atoms with Crippen LogP contribution >= 0.6 is 11.6 Å². The fourth-order valence-corrected chi connectivity index (χ4v) is 0.104. The van der Waals surface area contributed by atoms with Gasteiger partial charge in [0.2, 0.25) is 0 Å². The van der Waals surface area contributed by atoms with E-state index in [1.165, 1.54) is 0 Å². The largest absolute Gasteiger partial charge is 0.210 e. The van der Waals surface area contributed by atoms with Crippen molar-refractivity contribution < 1.29 is 0 Å². The van der Waals surface area contributed by atoms with Crippen molar-refractivity contribution in [1.29, 1.82) is 5.53 Å². The molecular formula is C3H7ClN2. The van der Waals surface area contributed by atoms with E-state index in [-0.39, 0.29) is 6.04 Å². The minimum atomic E-state index is -0.00772. The first-order valence-electron chi connectivity index (χ1n) is 1.73. The highest BCUT2D eigenvalue weighted by molar-refractivity contribution is 6.18. The Kier molecular flexibility index (Phi) is 3.04. The van der Waals surface area contributed by atoms with Gasteiger partial charge in [0.15, 0.2) is 0 Å². The third-order valence-electron chi connectivity index (χ3n) is 0.444. The van der Waals surface area contributed by atoms with Crippen LogP contribution in [0.3, 0.4) is 0 Å². The van der Waals surface area contributed by atoms with Crippen molar-refractivity contribution in [2.24, 2.45) is 5.11 Å². The van der Waals surface area contributed by atoms with E-state index in [0.29, 0.717) is 5.88 Å². The van der Waals surface area contributed by atoms with Gasteiger partial charge in [-0.05, 0) is 6.92 Å². The van der Waals surface area contributed by atoms with Crippen molar-refractivity contribution in [3.05, 3.63) is 0 Å². The second-order valence-electron chi connectivity index (χ2n) is 1.13. The Morgan fingerprint density at radius 2 is 2.50 bits per heavy atom. The third kappa shape index (κ3) is 2.15. The summed E-state index contributed by atoms with van der Waals surface area (Å²) in [5.41, 5.74) is 6.35. The van der Waals surface area contributed by atoms with E-state index in [1.807, 2.05) is 0 Å². The SMILES string of the molecule is C[C@H](CCl)N=N. The fraction of sp³-hybridized carbons (Fsp3) is 1.00. The molecule has 0 saturated carbocycles. The van der Waals surface area contributed by atoms with Crippen LogP contribution < -0.4 is 0 Å². The van der Waals surface area contributed by atoms with E-state index in [0.717, 1.165) is 0 Å². The number of nitrogens with zero attached hydrogens (tertiary/aromatic N) is 1. The highest BCUT2D eigenvalue weighted by atomic mass is 35.5. The van der Waals surface area contributed by atoms with E-state index < -0.39 is 0 Å². The lowest BCUT2D eigenvalue weighted by atomic mass is 10.4. The van der Waals surface area contributed by atoms with E-state index in [1.54, 1.807) is 6.92 Å². The summed E-state index contributed by atoms with van der Waals surface area (Å²) < 4.78 is 0. The van der Waals surface area contributed by atoms with Gasteiger partial charge in [0.1, 0.15) is 0 Å². The predicted molar refractivity (Wildman–Crippen MR) is 25.3 cm³/mol. The molecule has 1 N–H and O–H groups in total. The van der Waals surface area contributed by atoms with Gasteiger partial charge in [0.25, 0.3) is 0 Å². The summed E-state index contributed by atoms with van der Waals surface area (Å²) in [7, 11) is 0. The fourth-order valence-electron chi connectivity index (χ4n) is 0.0345. The number of nitrogens with one attached hydrogen (secondary N) is 1. The van der Waals surface area contributed by atoms with E-state index in [2.05, 4.69) is 5.11 Å². The summed E-state index contributed by atoms with van der Waals surface area (Å²) in [4.78, 5) is 0. The first-order valence-corrected chi connectivity index (χ1v) is 2.27. The lowest BCUT2D eigenvalue weighted by molar-refractivity contribution is 0.755. The number of hydrogen-bond donors (Lipinski definition) is 1. The number of rotatable bonds is 2. The lowest BCUT2D eigenvalue weighted by Crippen LogP contribution is -1.95. The van der Waals surface area contributed by atoms with Crippen LogP contribution in [0.4, 0.5) is 0 Å². The Balaban J connectivity index is 2.96. The van der Waals surface area contributed by atoms with Gasteiger partial charge in [-0.3, -0.25) is 0 Å². The quantitative estimate of drug-likeness (QED) is 0.411. The summed E-state index contributed by atoms with van der Waals surface area (Å²) in [5.74, 6) is 0.448. The molecule has 36 valence electrons. The Labute approximate surface area is 42.0 Å². The van der Waals surface area contributed by atoms with E-state index >= 15 is 0 Å². The Hall–Kier alpha value is -0.110. The Morgan fingerprint density at radius 3 is 2.50 bits per heavy atom. The van der Waals surface area contributed by atoms with Crippen molar-refractivity contribution in [1.82, 2.24) is 0 Å². The molecule has 0 amide bonds. The zero-order chi connectivity index (χ0) is 4.99. The molecule has 0 aliphatic heterocycles. The Bertz CT molecular complexity index is 46.1. The normalized spacial score (nSPS) is 13.7. The molecule has 0 fully saturated rings. The molecule has 0 rings (SSSR count). The predicted octanol–water partition coefficient (Wildman–Crippen LogP) is 1.64. The highest BCUT2D eigenvalue weighted by Crippen LogP contribution is 1.88. The van der Waals surface area contributed by atoms with Crippen molar-refractivity contribution in [2.75, 3.05) is 5.88 Å². The van der Waals surface area contributed by atoms with Gasteiger partial charge in [0.05, 0.1) is 6.04 Å². The van der Waals surface area contributed by atoms with Gasteiger partial charge < -0.3 is 0 Å². The highest BCUT2D eigenvalue weighted by Gasteiger charge is 1.89. The molecule has 0 aliphatic rings. The molecule has 0 radical (unpaired) electrons. The molecule has 0 spiro atoms. The van der Waals surface area contributed by atoms with Crippen LogP contribution in [0.1, 0.15) is 6.92 Å². The van der Waals surface area contributed by atoms with Gasteiger partial charge in [0, 0.05) is 5.88 Å². The van der Waals surface area contributed by atoms with Crippen LogP contribution in [0.25, 0.3) is 0 Å². The van der Waals surface area contributed by atoms with Gasteiger partial charge >= 0.3 is 0 Å². The molecule has 0 aliphatic carbocycles. The summed E-state index contributed by atoms with van der Waals surface area (Å²) in [5, 5.41) is 3.12. The maximum atomic E-state index is 6.35. The number of halogens is 1. The van der Waals surface area contributed by atoms with Crippen LogP contribution in [-0.4, -0.2) is 11.9 Å². The topological polar surface area (TPSA) is 36.2 Å². The average molecular weight is 107 g/mol. The summed E-state index contributed by atoms with van der Waals surface area (Å²) in [6, 6.07) is -0.00772. The van der Waals surface area contributed by atoms with Gasteiger partial charge in [-0.2, -0.15) is 5.11 Å². The molecule has 2 nitrogen and oxygen atoms in total. The minimum Gasteiger partial charge on any atom is -0.210 e. The second kappa shape index (κ2) is 3.09. The first-order chi connectivity index (χ1) is 2.81. The second-order valence-corrected chi connectivity index (χ2v) is 1.44. The smallest absolute Gasteiger partial charge is 0.0812 e. The van der Waals surface area contributed by atoms with Gasteiger partial charge in [-0.15, -0.1) is 11.6 Å². The monoisotopic (exact) mass is 106 g/mol. The van der Waals surface area contributed by atoms with Crippen molar-refractivity contribution in [3.8, 4) is 0 Å². The van der Waals surface area contributed by atoms with Gasteiger partial charge in [-0.1, -0.05) is 0 Å². The molecule has 0 aromatic rings. The maximum Gasteiger partial charge on any atom is 0.0812 e. The third-order valence-corrected chi connectivity index (χ3v) is 0.890. The zero-order valence-corrected chi connectivity index (χ0v) is 4.37. The van der Waals surface area contributed by atoms with Gasteiger partial charge in [-0.25, -0.2) is 5.53 Å². The molecule has 6 heavy (non-hydrogen) atoms. The number of alkyl halides is 1. The maximum absolute atomic E-state index is 6.35. The van der Waals surface area contributed by atoms with E-state index in [9.17, 15) is 0 Å². The average Bonchev–Trinajstić information content (AvgIpc) is 1.65. The molecular weight excluding hydrogens is 99.5 g/mol. The molecule has 3 heteroatoms. The summed E-state index contributed by atoms with van der Waals surface area (Å²) >= 11 is 5.24. The van der Waals surface area contributed by atoms with Crippen molar-refractivity contribution in [2.45, 2.75) is 13.0 Å².